The number of thiol groups is 1. The van der Waals surface area contributed by atoms with Crippen LogP contribution in [0.3, 0.4) is 0 Å². The van der Waals surface area contributed by atoms with Gasteiger partial charge in [0.2, 0.25) is 11.8 Å². The Bertz CT molecular complexity index is 905. The highest BCUT2D eigenvalue weighted by Gasteiger charge is 2.36. The highest BCUT2D eigenvalue weighted by atomic mass is 32.1. The summed E-state index contributed by atoms with van der Waals surface area (Å²) in [7, 11) is 0. The minimum Gasteiger partial charge on any atom is -0.444 e. The zero-order chi connectivity index (χ0) is 28.4. The quantitative estimate of drug-likeness (QED) is 0.230. The highest BCUT2D eigenvalue weighted by molar-refractivity contribution is 7.80. The Kier molecular flexibility index (Phi) is 13.0. The predicted octanol–water partition coefficient (Wildman–Crippen LogP) is 5.88. The summed E-state index contributed by atoms with van der Waals surface area (Å²) in [5.74, 6) is -0.540. The molecule has 0 bridgehead atoms. The molecule has 7 nitrogen and oxygen atoms in total. The fourth-order valence-electron chi connectivity index (χ4n) is 3.93. The Balaban J connectivity index is 3.45. The number of nitrogens with zero attached hydrogens (tertiary/aromatic N) is 1. The zero-order valence-electron chi connectivity index (χ0n) is 24.4. The number of alkyl carbamates (subject to hydrolysis) is 1. The van der Waals surface area contributed by atoms with Crippen LogP contribution in [0.5, 0.6) is 0 Å². The average Bonchev–Trinajstić information content (AvgIpc) is 2.75. The predicted molar refractivity (Wildman–Crippen MR) is 154 cm³/mol. The number of carbonyl (C=O) groups is 3. The van der Waals surface area contributed by atoms with Crippen LogP contribution in [0.15, 0.2) is 18.2 Å². The number of unbranched alkanes of at least 4 members (excludes halogenated alkanes) is 4. The fourth-order valence-corrected chi connectivity index (χ4v) is 4.18. The van der Waals surface area contributed by atoms with Crippen molar-refractivity contribution in [3.8, 4) is 0 Å². The van der Waals surface area contributed by atoms with Crippen molar-refractivity contribution >= 4 is 30.5 Å². The second kappa shape index (κ2) is 14.6. The highest BCUT2D eigenvalue weighted by Crippen LogP contribution is 2.26. The minimum absolute atomic E-state index is 0.0744. The van der Waals surface area contributed by atoms with Crippen LogP contribution in [0.4, 0.5) is 4.79 Å². The molecule has 2 atom stereocenters. The first-order chi connectivity index (χ1) is 17.1. The minimum atomic E-state index is -0.940. The Hall–Kier alpha value is -2.22. The molecule has 0 saturated heterocycles. The van der Waals surface area contributed by atoms with E-state index in [2.05, 4.69) is 30.2 Å². The third-order valence-corrected chi connectivity index (χ3v) is 6.23. The monoisotopic (exact) mass is 535 g/mol. The molecule has 2 unspecified atom stereocenters. The van der Waals surface area contributed by atoms with Crippen molar-refractivity contribution < 1.29 is 19.1 Å². The van der Waals surface area contributed by atoms with Crippen molar-refractivity contribution in [3.63, 3.8) is 0 Å². The zero-order valence-corrected chi connectivity index (χ0v) is 25.3. The van der Waals surface area contributed by atoms with Crippen LogP contribution in [0.2, 0.25) is 0 Å². The second-order valence-electron chi connectivity index (χ2n) is 11.8. The summed E-state index contributed by atoms with van der Waals surface area (Å²) < 4.78 is 5.38. The van der Waals surface area contributed by atoms with Crippen LogP contribution in [-0.4, -0.2) is 52.3 Å². The summed E-state index contributed by atoms with van der Waals surface area (Å²) in [5, 5.41) is 5.73. The number of aryl methyl sites for hydroxylation is 2. The van der Waals surface area contributed by atoms with E-state index in [0.717, 1.165) is 48.8 Å². The topological polar surface area (TPSA) is 87.7 Å². The number of hydrogen-bond acceptors (Lipinski definition) is 5. The molecule has 1 aromatic carbocycles. The molecule has 210 valence electrons. The van der Waals surface area contributed by atoms with Crippen LogP contribution >= 0.6 is 12.6 Å². The average molecular weight is 536 g/mol. The van der Waals surface area contributed by atoms with Gasteiger partial charge in [0.25, 0.3) is 0 Å². The van der Waals surface area contributed by atoms with Gasteiger partial charge in [0.15, 0.2) is 0 Å². The third kappa shape index (κ3) is 11.8. The number of carbonyl (C=O) groups excluding carboxylic acids is 3. The summed E-state index contributed by atoms with van der Waals surface area (Å²) in [6.07, 6.45) is 4.31. The molecular formula is C29H49N3O4S. The molecule has 0 aliphatic heterocycles. The molecule has 0 spiro atoms. The van der Waals surface area contributed by atoms with Gasteiger partial charge in [-0.1, -0.05) is 50.8 Å². The standard InChI is InChI=1S/C29H49N3O4S/c1-10-11-12-13-14-17-32(26(34)23(19-37)30-27(35)36-29(7,8)9)24(25(33)31-28(4,5)6)22-16-15-20(2)21(3)18-22/h15-16,18,23-24,37H,10-14,17,19H2,1-9H3,(H,30,35)(H,31,33). The van der Waals surface area contributed by atoms with Crippen molar-refractivity contribution in [3.05, 3.63) is 34.9 Å². The molecule has 0 heterocycles. The summed E-state index contributed by atoms with van der Waals surface area (Å²) >= 11 is 4.36. The number of ether oxygens (including phenoxy) is 1. The van der Waals surface area contributed by atoms with E-state index in [1.165, 1.54) is 0 Å². The van der Waals surface area contributed by atoms with Crippen molar-refractivity contribution in [1.82, 2.24) is 15.5 Å². The smallest absolute Gasteiger partial charge is 0.408 e. The molecule has 3 amide bonds. The lowest BCUT2D eigenvalue weighted by Crippen LogP contribution is -2.55. The first kappa shape index (κ1) is 32.8. The maximum Gasteiger partial charge on any atom is 0.408 e. The molecule has 37 heavy (non-hydrogen) atoms. The Morgan fingerprint density at radius 3 is 2.11 bits per heavy atom. The van der Waals surface area contributed by atoms with Crippen LogP contribution in [-0.2, 0) is 14.3 Å². The van der Waals surface area contributed by atoms with Crippen molar-refractivity contribution in [2.45, 2.75) is 118 Å². The molecule has 8 heteroatoms. The molecule has 0 radical (unpaired) electrons. The van der Waals surface area contributed by atoms with E-state index in [-0.39, 0.29) is 17.6 Å². The summed E-state index contributed by atoms with van der Waals surface area (Å²) in [4.78, 5) is 41.8. The van der Waals surface area contributed by atoms with Gasteiger partial charge in [0, 0.05) is 17.8 Å². The Morgan fingerprint density at radius 2 is 1.59 bits per heavy atom. The maximum absolute atomic E-state index is 14.0. The van der Waals surface area contributed by atoms with Gasteiger partial charge in [-0.15, -0.1) is 0 Å². The van der Waals surface area contributed by atoms with E-state index in [9.17, 15) is 14.4 Å². The number of amides is 3. The van der Waals surface area contributed by atoms with E-state index in [1.54, 1.807) is 25.7 Å². The van der Waals surface area contributed by atoms with Gasteiger partial charge < -0.3 is 20.3 Å². The lowest BCUT2D eigenvalue weighted by molar-refractivity contribution is -0.142. The van der Waals surface area contributed by atoms with Crippen LogP contribution < -0.4 is 10.6 Å². The second-order valence-corrected chi connectivity index (χ2v) is 12.2. The van der Waals surface area contributed by atoms with Crippen LogP contribution in [0, 0.1) is 13.8 Å². The van der Waals surface area contributed by atoms with E-state index < -0.39 is 29.3 Å². The molecule has 0 fully saturated rings. The van der Waals surface area contributed by atoms with Gasteiger partial charge in [-0.05, 0) is 78.5 Å². The van der Waals surface area contributed by atoms with Gasteiger partial charge in [-0.3, -0.25) is 9.59 Å². The van der Waals surface area contributed by atoms with Gasteiger partial charge in [-0.2, -0.15) is 12.6 Å². The summed E-state index contributed by atoms with van der Waals surface area (Å²) in [6.45, 7) is 17.6. The van der Waals surface area contributed by atoms with Crippen molar-refractivity contribution in [1.29, 1.82) is 0 Å². The molecule has 1 aromatic rings. The van der Waals surface area contributed by atoms with Crippen molar-refractivity contribution in [2.24, 2.45) is 0 Å². The Morgan fingerprint density at radius 1 is 0.973 bits per heavy atom. The fraction of sp³-hybridized carbons (Fsp3) is 0.690. The lowest BCUT2D eigenvalue weighted by Gasteiger charge is -2.36. The van der Waals surface area contributed by atoms with Gasteiger partial charge in [0.05, 0.1) is 0 Å². The molecule has 0 aliphatic rings. The molecule has 0 aliphatic carbocycles. The maximum atomic E-state index is 14.0. The number of nitrogens with one attached hydrogen (secondary N) is 2. The summed E-state index contributed by atoms with van der Waals surface area (Å²) in [5.41, 5.74) is 1.70. The molecule has 2 N–H and O–H groups in total. The van der Waals surface area contributed by atoms with Gasteiger partial charge in [-0.25, -0.2) is 4.79 Å². The SMILES string of the molecule is CCCCCCCN(C(=O)C(CS)NC(=O)OC(C)(C)C)C(C(=O)NC(C)(C)C)c1ccc(C)c(C)c1. The number of hydrogen-bond donors (Lipinski definition) is 3. The van der Waals surface area contributed by atoms with Crippen LogP contribution in [0.1, 0.15) is 103 Å². The molecule has 0 saturated carbocycles. The molecule has 0 aromatic heterocycles. The largest absolute Gasteiger partial charge is 0.444 e. The molecule has 1 rings (SSSR count). The normalized spacial score (nSPS) is 13.5. The first-order valence-electron chi connectivity index (χ1n) is 13.4. The van der Waals surface area contributed by atoms with Crippen molar-refractivity contribution in [2.75, 3.05) is 12.3 Å². The first-order valence-corrected chi connectivity index (χ1v) is 14.0. The lowest BCUT2D eigenvalue weighted by atomic mass is 9.97. The summed E-state index contributed by atoms with van der Waals surface area (Å²) in [6, 6.07) is 4.06. The van der Waals surface area contributed by atoms with Crippen LogP contribution in [0.25, 0.3) is 0 Å². The van der Waals surface area contributed by atoms with E-state index in [0.29, 0.717) is 6.54 Å². The Labute approximate surface area is 229 Å². The number of benzene rings is 1. The van der Waals surface area contributed by atoms with Gasteiger partial charge in [0.1, 0.15) is 17.7 Å². The van der Waals surface area contributed by atoms with E-state index in [1.807, 2.05) is 52.8 Å². The number of rotatable bonds is 12. The van der Waals surface area contributed by atoms with E-state index in [4.69, 9.17) is 4.74 Å². The van der Waals surface area contributed by atoms with Gasteiger partial charge >= 0.3 is 6.09 Å². The third-order valence-electron chi connectivity index (χ3n) is 5.86. The molecular weight excluding hydrogens is 486 g/mol. The van der Waals surface area contributed by atoms with E-state index >= 15 is 0 Å².